The van der Waals surface area contributed by atoms with Crippen LogP contribution in [0.15, 0.2) is 48.5 Å². The number of aliphatic hydroxyl groups is 1. The zero-order valence-corrected chi connectivity index (χ0v) is 13.2. The summed E-state index contributed by atoms with van der Waals surface area (Å²) >= 11 is 6.04. The molecular formula is C17H19ClN2O2. The van der Waals surface area contributed by atoms with E-state index in [1.165, 1.54) is 5.69 Å². The van der Waals surface area contributed by atoms with Crippen LogP contribution in [-0.4, -0.2) is 38.1 Å². The fourth-order valence-corrected chi connectivity index (χ4v) is 2.86. The third-order valence-corrected chi connectivity index (χ3v) is 4.03. The molecular weight excluding hydrogens is 300 g/mol. The molecule has 1 unspecified atom stereocenters. The van der Waals surface area contributed by atoms with Crippen molar-refractivity contribution in [3.05, 3.63) is 53.6 Å². The van der Waals surface area contributed by atoms with Crippen LogP contribution < -0.4 is 14.5 Å². The Morgan fingerprint density at radius 2 is 1.82 bits per heavy atom. The van der Waals surface area contributed by atoms with Gasteiger partial charge in [-0.3, -0.25) is 0 Å². The minimum absolute atomic E-state index is 0.214. The Kier molecular flexibility index (Phi) is 4.41. The molecule has 5 heteroatoms. The lowest BCUT2D eigenvalue weighted by atomic mass is 10.2. The number of hydrogen-bond donors (Lipinski definition) is 1. The van der Waals surface area contributed by atoms with E-state index in [1.54, 1.807) is 12.1 Å². The van der Waals surface area contributed by atoms with Gasteiger partial charge in [-0.2, -0.15) is 0 Å². The Hall–Kier alpha value is -1.91. The van der Waals surface area contributed by atoms with Crippen molar-refractivity contribution in [2.75, 3.05) is 36.7 Å². The third kappa shape index (κ3) is 3.13. The molecule has 22 heavy (non-hydrogen) atoms. The van der Waals surface area contributed by atoms with Crippen molar-refractivity contribution < 1.29 is 9.84 Å². The van der Waals surface area contributed by atoms with E-state index >= 15 is 0 Å². The predicted molar refractivity (Wildman–Crippen MR) is 90.0 cm³/mol. The maximum Gasteiger partial charge on any atom is 0.138 e. The molecule has 0 bridgehead atoms. The number of fused-ring (bicyclic) bond motifs is 1. The van der Waals surface area contributed by atoms with Crippen LogP contribution in [0.2, 0.25) is 5.02 Å². The zero-order chi connectivity index (χ0) is 15.5. The van der Waals surface area contributed by atoms with Gasteiger partial charge < -0.3 is 19.6 Å². The van der Waals surface area contributed by atoms with Gasteiger partial charge in [-0.05, 0) is 24.3 Å². The summed E-state index contributed by atoms with van der Waals surface area (Å²) in [7, 11) is 2.05. The normalized spacial score (nSPS) is 14.9. The average Bonchev–Trinajstić information content (AvgIpc) is 2.83. The minimum atomic E-state index is -0.587. The van der Waals surface area contributed by atoms with Gasteiger partial charge in [-0.15, -0.1) is 0 Å². The number of β-amino-alcohol motifs (C(OH)–C–C–N with tert-alkyl or cyclic N) is 1. The van der Waals surface area contributed by atoms with Crippen LogP contribution in [0.25, 0.3) is 0 Å². The fourth-order valence-electron chi connectivity index (χ4n) is 2.67. The van der Waals surface area contributed by atoms with Gasteiger partial charge in [0.2, 0.25) is 0 Å². The van der Waals surface area contributed by atoms with Gasteiger partial charge in [-0.1, -0.05) is 35.9 Å². The second-order valence-corrected chi connectivity index (χ2v) is 5.85. The van der Waals surface area contributed by atoms with Crippen molar-refractivity contribution in [1.82, 2.24) is 0 Å². The molecule has 3 rings (SSSR count). The Labute approximate surface area is 135 Å². The highest BCUT2D eigenvalue weighted by molar-refractivity contribution is 6.32. The molecule has 1 N–H and O–H groups in total. The Morgan fingerprint density at radius 1 is 1.14 bits per heavy atom. The maximum absolute atomic E-state index is 10.2. The Bertz CT molecular complexity index is 650. The van der Waals surface area contributed by atoms with Gasteiger partial charge in [0.1, 0.15) is 18.5 Å². The summed E-state index contributed by atoms with van der Waals surface area (Å²) in [5.74, 6) is 0.599. The SMILES string of the molecule is CN1CN(CC(O)COc2ccccc2Cl)c2ccccc21. The molecule has 2 aromatic carbocycles. The van der Waals surface area contributed by atoms with Gasteiger partial charge in [0.05, 0.1) is 23.1 Å². The van der Waals surface area contributed by atoms with E-state index in [0.717, 1.165) is 12.4 Å². The van der Waals surface area contributed by atoms with E-state index in [-0.39, 0.29) is 6.61 Å². The number of para-hydroxylation sites is 3. The molecule has 1 aliphatic heterocycles. The van der Waals surface area contributed by atoms with Crippen molar-refractivity contribution in [2.45, 2.75) is 6.10 Å². The number of anilines is 2. The number of rotatable bonds is 5. The van der Waals surface area contributed by atoms with Crippen molar-refractivity contribution in [2.24, 2.45) is 0 Å². The molecule has 1 heterocycles. The van der Waals surface area contributed by atoms with E-state index in [1.807, 2.05) is 31.3 Å². The third-order valence-electron chi connectivity index (χ3n) is 3.72. The first kappa shape index (κ1) is 15.0. The molecule has 0 saturated heterocycles. The molecule has 0 aromatic heterocycles. The van der Waals surface area contributed by atoms with Crippen LogP contribution in [0.5, 0.6) is 5.75 Å². The molecule has 116 valence electrons. The summed E-state index contributed by atoms with van der Waals surface area (Å²) in [4.78, 5) is 4.31. The Morgan fingerprint density at radius 3 is 2.59 bits per heavy atom. The lowest BCUT2D eigenvalue weighted by Gasteiger charge is -2.23. The van der Waals surface area contributed by atoms with E-state index < -0.39 is 6.10 Å². The second kappa shape index (κ2) is 6.46. The number of ether oxygens (including phenoxy) is 1. The van der Waals surface area contributed by atoms with Gasteiger partial charge >= 0.3 is 0 Å². The molecule has 0 aliphatic carbocycles. The number of halogens is 1. The van der Waals surface area contributed by atoms with Crippen LogP contribution >= 0.6 is 11.6 Å². The fraction of sp³-hybridized carbons (Fsp3) is 0.294. The van der Waals surface area contributed by atoms with Gasteiger partial charge in [0.15, 0.2) is 0 Å². The van der Waals surface area contributed by atoms with Crippen molar-refractivity contribution in [3.63, 3.8) is 0 Å². The van der Waals surface area contributed by atoms with Crippen LogP contribution in [0, 0.1) is 0 Å². The second-order valence-electron chi connectivity index (χ2n) is 5.45. The summed E-state index contributed by atoms with van der Waals surface area (Å²) in [5.41, 5.74) is 2.32. The smallest absolute Gasteiger partial charge is 0.138 e. The topological polar surface area (TPSA) is 35.9 Å². The quantitative estimate of drug-likeness (QED) is 0.919. The molecule has 0 spiro atoms. The Balaban J connectivity index is 1.59. The molecule has 2 aromatic rings. The predicted octanol–water partition coefficient (Wildman–Crippen LogP) is 2.99. The number of hydrogen-bond acceptors (Lipinski definition) is 4. The van der Waals surface area contributed by atoms with Crippen LogP contribution in [0.4, 0.5) is 11.4 Å². The number of benzene rings is 2. The maximum atomic E-state index is 10.2. The van der Waals surface area contributed by atoms with E-state index in [0.29, 0.717) is 17.3 Å². The monoisotopic (exact) mass is 318 g/mol. The molecule has 0 saturated carbocycles. The standard InChI is InChI=1S/C17H19ClN2O2/c1-19-12-20(16-8-4-3-7-15(16)19)10-13(21)11-22-17-9-5-2-6-14(17)18/h2-9,13,21H,10-12H2,1H3. The molecule has 0 fully saturated rings. The first-order chi connectivity index (χ1) is 10.6. The van der Waals surface area contributed by atoms with E-state index in [2.05, 4.69) is 21.9 Å². The summed E-state index contributed by atoms with van der Waals surface area (Å²) in [6.45, 7) is 1.50. The van der Waals surface area contributed by atoms with Gasteiger partial charge in [-0.25, -0.2) is 0 Å². The highest BCUT2D eigenvalue weighted by Gasteiger charge is 2.24. The minimum Gasteiger partial charge on any atom is -0.489 e. The first-order valence-corrected chi connectivity index (χ1v) is 7.63. The highest BCUT2D eigenvalue weighted by atomic mass is 35.5. The van der Waals surface area contributed by atoms with Crippen molar-refractivity contribution in [1.29, 1.82) is 0 Å². The largest absolute Gasteiger partial charge is 0.489 e. The number of aliphatic hydroxyl groups excluding tert-OH is 1. The lowest BCUT2D eigenvalue weighted by Crippen LogP contribution is -2.37. The average molecular weight is 319 g/mol. The van der Waals surface area contributed by atoms with E-state index in [4.69, 9.17) is 16.3 Å². The summed E-state index contributed by atoms with van der Waals surface area (Å²) in [5, 5.41) is 10.8. The van der Waals surface area contributed by atoms with Gasteiger partial charge in [0.25, 0.3) is 0 Å². The summed E-state index contributed by atoms with van der Waals surface area (Å²) < 4.78 is 5.60. The molecule has 0 amide bonds. The zero-order valence-electron chi connectivity index (χ0n) is 12.4. The van der Waals surface area contributed by atoms with Crippen LogP contribution in [-0.2, 0) is 0 Å². The van der Waals surface area contributed by atoms with Crippen LogP contribution in [0.3, 0.4) is 0 Å². The summed E-state index contributed by atoms with van der Waals surface area (Å²) in [6.07, 6.45) is -0.587. The first-order valence-electron chi connectivity index (χ1n) is 7.25. The highest BCUT2D eigenvalue weighted by Crippen LogP contribution is 2.34. The molecule has 1 atom stereocenters. The lowest BCUT2D eigenvalue weighted by molar-refractivity contribution is 0.112. The van der Waals surface area contributed by atoms with Gasteiger partial charge in [0, 0.05) is 13.6 Å². The summed E-state index contributed by atoms with van der Waals surface area (Å²) in [6, 6.07) is 15.5. The van der Waals surface area contributed by atoms with Crippen molar-refractivity contribution in [3.8, 4) is 5.75 Å². The number of nitrogens with zero attached hydrogens (tertiary/aromatic N) is 2. The van der Waals surface area contributed by atoms with Crippen molar-refractivity contribution >= 4 is 23.0 Å². The molecule has 1 aliphatic rings. The van der Waals surface area contributed by atoms with E-state index in [9.17, 15) is 5.11 Å². The molecule has 0 radical (unpaired) electrons. The van der Waals surface area contributed by atoms with Crippen LogP contribution in [0.1, 0.15) is 0 Å². The molecule has 4 nitrogen and oxygen atoms in total.